The Labute approximate surface area is 98.7 Å². The molecule has 0 amide bonds. The molecule has 1 aromatic rings. The van der Waals surface area contributed by atoms with Gasteiger partial charge >= 0.3 is 0 Å². The number of hydrogen-bond acceptors (Lipinski definition) is 3. The fourth-order valence-corrected chi connectivity index (χ4v) is 1.76. The summed E-state index contributed by atoms with van der Waals surface area (Å²) in [6.07, 6.45) is 4.58. The fraction of sp³-hybridized carbons (Fsp3) is 0.692. The lowest BCUT2D eigenvalue weighted by Gasteiger charge is -2.16. The number of rotatable bonds is 7. The second kappa shape index (κ2) is 7.34. The van der Waals surface area contributed by atoms with Gasteiger partial charge in [-0.15, -0.1) is 0 Å². The highest BCUT2D eigenvalue weighted by atomic mass is 15.1. The summed E-state index contributed by atoms with van der Waals surface area (Å²) in [6, 6.07) is 4.66. The predicted octanol–water partition coefficient (Wildman–Crippen LogP) is 2.50. The van der Waals surface area contributed by atoms with Crippen LogP contribution in [0, 0.1) is 6.92 Å². The van der Waals surface area contributed by atoms with Gasteiger partial charge in [-0.2, -0.15) is 10.2 Å². The normalized spacial score (nSPS) is 12.7. The molecule has 0 radical (unpaired) electrons. The Hall–Kier alpha value is -0.960. The van der Waals surface area contributed by atoms with Gasteiger partial charge in [0.15, 0.2) is 0 Å². The zero-order valence-electron chi connectivity index (χ0n) is 10.7. The first-order valence-electron chi connectivity index (χ1n) is 6.28. The molecule has 1 rings (SSSR count). The molecule has 1 N–H and O–H groups in total. The molecule has 0 fully saturated rings. The van der Waals surface area contributed by atoms with Crippen LogP contribution in [0.15, 0.2) is 12.1 Å². The first-order chi connectivity index (χ1) is 7.76. The third-order valence-corrected chi connectivity index (χ3v) is 2.63. The van der Waals surface area contributed by atoms with Crippen LogP contribution >= 0.6 is 0 Å². The van der Waals surface area contributed by atoms with E-state index in [1.807, 2.05) is 13.0 Å². The molecule has 16 heavy (non-hydrogen) atoms. The minimum absolute atomic E-state index is 0.543. The molecule has 1 heterocycles. The Balaban J connectivity index is 2.49. The van der Waals surface area contributed by atoms with E-state index in [0.29, 0.717) is 6.04 Å². The summed E-state index contributed by atoms with van der Waals surface area (Å²) in [5.74, 6) is 0. The van der Waals surface area contributed by atoms with Crippen molar-refractivity contribution in [1.29, 1.82) is 0 Å². The van der Waals surface area contributed by atoms with Gasteiger partial charge in [0, 0.05) is 12.5 Å². The molecule has 3 heteroatoms. The van der Waals surface area contributed by atoms with Gasteiger partial charge in [-0.1, -0.05) is 20.3 Å². The van der Waals surface area contributed by atoms with Crippen LogP contribution in [0.3, 0.4) is 0 Å². The summed E-state index contributed by atoms with van der Waals surface area (Å²) in [4.78, 5) is 0. The topological polar surface area (TPSA) is 37.8 Å². The first-order valence-corrected chi connectivity index (χ1v) is 6.28. The maximum atomic E-state index is 4.22. The van der Waals surface area contributed by atoms with E-state index in [0.717, 1.165) is 24.4 Å². The highest BCUT2D eigenvalue weighted by Gasteiger charge is 2.08. The average molecular weight is 221 g/mol. The van der Waals surface area contributed by atoms with Gasteiger partial charge in [0.1, 0.15) is 0 Å². The van der Waals surface area contributed by atoms with E-state index in [1.165, 1.54) is 19.3 Å². The largest absolute Gasteiger partial charge is 0.314 e. The summed E-state index contributed by atoms with van der Waals surface area (Å²) >= 11 is 0. The van der Waals surface area contributed by atoms with Crippen LogP contribution in [0.1, 0.15) is 44.5 Å². The van der Waals surface area contributed by atoms with Crippen molar-refractivity contribution in [2.45, 2.75) is 52.5 Å². The number of aryl methyl sites for hydroxylation is 1. The fourth-order valence-electron chi connectivity index (χ4n) is 1.76. The van der Waals surface area contributed by atoms with Crippen LogP contribution < -0.4 is 5.32 Å². The molecular weight excluding hydrogens is 198 g/mol. The van der Waals surface area contributed by atoms with Crippen molar-refractivity contribution in [1.82, 2.24) is 15.5 Å². The van der Waals surface area contributed by atoms with Crippen LogP contribution in [0.4, 0.5) is 0 Å². The summed E-state index contributed by atoms with van der Waals surface area (Å²) in [5.41, 5.74) is 2.07. The lowest BCUT2D eigenvalue weighted by Crippen LogP contribution is -2.32. The molecule has 1 atom stereocenters. The van der Waals surface area contributed by atoms with E-state index in [9.17, 15) is 0 Å². The quantitative estimate of drug-likeness (QED) is 0.768. The third-order valence-electron chi connectivity index (χ3n) is 2.63. The number of nitrogens with one attached hydrogen (secondary N) is 1. The molecule has 1 aromatic heterocycles. The van der Waals surface area contributed by atoms with E-state index in [-0.39, 0.29) is 0 Å². The Morgan fingerprint density at radius 1 is 1.19 bits per heavy atom. The van der Waals surface area contributed by atoms with Crippen LogP contribution in [0.2, 0.25) is 0 Å². The molecule has 0 aliphatic carbocycles. The monoisotopic (exact) mass is 221 g/mol. The highest BCUT2D eigenvalue weighted by molar-refractivity contribution is 5.06. The molecule has 0 aliphatic rings. The third kappa shape index (κ3) is 4.71. The zero-order chi connectivity index (χ0) is 11.8. The van der Waals surface area contributed by atoms with E-state index >= 15 is 0 Å². The van der Waals surface area contributed by atoms with Crippen molar-refractivity contribution in [3.63, 3.8) is 0 Å². The summed E-state index contributed by atoms with van der Waals surface area (Å²) in [6.45, 7) is 7.47. The summed E-state index contributed by atoms with van der Waals surface area (Å²) in [5, 5.41) is 11.9. The summed E-state index contributed by atoms with van der Waals surface area (Å²) < 4.78 is 0. The lowest BCUT2D eigenvalue weighted by atomic mass is 10.1. The maximum absolute atomic E-state index is 4.22. The van der Waals surface area contributed by atoms with Crippen LogP contribution in [0.5, 0.6) is 0 Å². The van der Waals surface area contributed by atoms with Crippen molar-refractivity contribution < 1.29 is 0 Å². The smallest absolute Gasteiger partial charge is 0.0646 e. The van der Waals surface area contributed by atoms with E-state index in [4.69, 9.17) is 0 Å². The number of aromatic nitrogens is 2. The average Bonchev–Trinajstić information content (AvgIpc) is 2.29. The Kier molecular flexibility index (Phi) is 6.01. The molecule has 0 aliphatic heterocycles. The Morgan fingerprint density at radius 3 is 2.56 bits per heavy atom. The SMILES string of the molecule is CCCNC(CCC)Cc1ccc(C)nn1. The van der Waals surface area contributed by atoms with Crippen molar-refractivity contribution >= 4 is 0 Å². The second-order valence-electron chi connectivity index (χ2n) is 4.31. The van der Waals surface area contributed by atoms with E-state index in [2.05, 4.69) is 35.4 Å². The number of hydrogen-bond donors (Lipinski definition) is 1. The molecule has 0 bridgehead atoms. The van der Waals surface area contributed by atoms with Gasteiger partial charge in [0.2, 0.25) is 0 Å². The Morgan fingerprint density at radius 2 is 2.00 bits per heavy atom. The van der Waals surface area contributed by atoms with Crippen molar-refractivity contribution in [2.24, 2.45) is 0 Å². The molecule has 0 spiro atoms. The van der Waals surface area contributed by atoms with Crippen molar-refractivity contribution in [2.75, 3.05) is 6.54 Å². The molecule has 1 unspecified atom stereocenters. The molecule has 90 valence electrons. The molecule has 0 saturated carbocycles. The van der Waals surface area contributed by atoms with Gasteiger partial charge < -0.3 is 5.32 Å². The van der Waals surface area contributed by atoms with Gasteiger partial charge in [-0.25, -0.2) is 0 Å². The van der Waals surface area contributed by atoms with Crippen LogP contribution in [0.25, 0.3) is 0 Å². The van der Waals surface area contributed by atoms with Crippen LogP contribution in [-0.2, 0) is 6.42 Å². The highest BCUT2D eigenvalue weighted by Crippen LogP contribution is 2.05. The molecule has 0 aromatic carbocycles. The minimum atomic E-state index is 0.543. The number of nitrogens with zero attached hydrogens (tertiary/aromatic N) is 2. The molecule has 3 nitrogen and oxygen atoms in total. The second-order valence-corrected chi connectivity index (χ2v) is 4.31. The van der Waals surface area contributed by atoms with Crippen LogP contribution in [-0.4, -0.2) is 22.8 Å². The van der Waals surface area contributed by atoms with Gasteiger partial charge in [0.05, 0.1) is 11.4 Å². The van der Waals surface area contributed by atoms with Gasteiger partial charge in [-0.3, -0.25) is 0 Å². The maximum Gasteiger partial charge on any atom is 0.0646 e. The predicted molar refractivity (Wildman–Crippen MR) is 67.5 cm³/mol. The van der Waals surface area contributed by atoms with E-state index < -0.39 is 0 Å². The van der Waals surface area contributed by atoms with E-state index in [1.54, 1.807) is 0 Å². The first kappa shape index (κ1) is 13.1. The van der Waals surface area contributed by atoms with Gasteiger partial charge in [0.25, 0.3) is 0 Å². The van der Waals surface area contributed by atoms with Gasteiger partial charge in [-0.05, 0) is 38.4 Å². The zero-order valence-corrected chi connectivity index (χ0v) is 10.7. The van der Waals surface area contributed by atoms with Crippen molar-refractivity contribution in [3.05, 3.63) is 23.5 Å². The summed E-state index contributed by atoms with van der Waals surface area (Å²) in [7, 11) is 0. The standard InChI is InChI=1S/C13H23N3/c1-4-6-12(14-9-5-2)10-13-8-7-11(3)15-16-13/h7-8,12,14H,4-6,9-10H2,1-3H3. The molecular formula is C13H23N3. The lowest BCUT2D eigenvalue weighted by molar-refractivity contribution is 0.467. The van der Waals surface area contributed by atoms with Crippen molar-refractivity contribution in [3.8, 4) is 0 Å². The minimum Gasteiger partial charge on any atom is -0.314 e. The molecule has 0 saturated heterocycles. The Bertz CT molecular complexity index is 282.